The number of aromatic nitrogens is 1. The minimum Gasteiger partial charge on any atom is -0.368 e. The first-order valence-electron chi connectivity index (χ1n) is 9.32. The topological polar surface area (TPSA) is 80.3 Å². The highest BCUT2D eigenvalue weighted by Gasteiger charge is 2.23. The van der Waals surface area contributed by atoms with E-state index in [0.717, 1.165) is 41.3 Å². The van der Waals surface area contributed by atoms with Gasteiger partial charge in [-0.2, -0.15) is 0 Å². The molecule has 0 bridgehead atoms. The lowest BCUT2D eigenvalue weighted by Crippen LogP contribution is -2.27. The summed E-state index contributed by atoms with van der Waals surface area (Å²) in [5.41, 5.74) is 2.08. The van der Waals surface area contributed by atoms with Crippen LogP contribution in [0.4, 0.5) is 5.69 Å². The molecular formula is C20H25N3O3S. The molecule has 0 aliphatic carbocycles. The zero-order chi connectivity index (χ0) is 19.2. The molecule has 0 radical (unpaired) electrons. The van der Waals surface area contributed by atoms with Crippen LogP contribution in [-0.4, -0.2) is 29.5 Å². The van der Waals surface area contributed by atoms with Crippen molar-refractivity contribution in [2.24, 2.45) is 0 Å². The fourth-order valence-corrected chi connectivity index (χ4v) is 4.09. The molecule has 0 spiro atoms. The number of rotatable bonds is 7. The molecule has 1 aliphatic rings. The van der Waals surface area contributed by atoms with Crippen molar-refractivity contribution in [3.05, 3.63) is 45.4 Å². The van der Waals surface area contributed by atoms with Crippen molar-refractivity contribution in [2.75, 3.05) is 11.9 Å². The number of ether oxygens (including phenoxy) is 1. The molecule has 7 heteroatoms. The molecule has 2 aromatic rings. The molecule has 3 rings (SSSR count). The van der Waals surface area contributed by atoms with Crippen molar-refractivity contribution < 1.29 is 14.3 Å². The average molecular weight is 388 g/mol. The second kappa shape index (κ2) is 9.10. The predicted molar refractivity (Wildman–Crippen MR) is 106 cm³/mol. The van der Waals surface area contributed by atoms with Crippen LogP contribution < -0.4 is 10.6 Å². The monoisotopic (exact) mass is 387 g/mol. The summed E-state index contributed by atoms with van der Waals surface area (Å²) in [5, 5.41) is 6.88. The summed E-state index contributed by atoms with van der Waals surface area (Å²) in [5.74, 6) is -0.332. The Morgan fingerprint density at radius 2 is 2.22 bits per heavy atom. The van der Waals surface area contributed by atoms with E-state index in [1.807, 2.05) is 6.92 Å². The zero-order valence-corrected chi connectivity index (χ0v) is 16.5. The second-order valence-corrected chi connectivity index (χ2v) is 7.79. The van der Waals surface area contributed by atoms with E-state index in [1.165, 1.54) is 0 Å². The van der Waals surface area contributed by atoms with Crippen LogP contribution in [0, 0.1) is 6.92 Å². The highest BCUT2D eigenvalue weighted by Crippen LogP contribution is 2.20. The highest BCUT2D eigenvalue weighted by atomic mass is 32.1. The van der Waals surface area contributed by atoms with E-state index in [4.69, 9.17) is 4.74 Å². The Kier molecular flexibility index (Phi) is 6.58. The molecule has 27 heavy (non-hydrogen) atoms. The van der Waals surface area contributed by atoms with Crippen LogP contribution in [0.25, 0.3) is 0 Å². The molecule has 144 valence electrons. The summed E-state index contributed by atoms with van der Waals surface area (Å²) in [7, 11) is 0. The lowest BCUT2D eigenvalue weighted by Gasteiger charge is -2.11. The summed E-state index contributed by atoms with van der Waals surface area (Å²) in [6.07, 6.45) is 3.27. The maximum absolute atomic E-state index is 12.5. The van der Waals surface area contributed by atoms with E-state index < -0.39 is 6.10 Å². The Morgan fingerprint density at radius 3 is 2.96 bits per heavy atom. The Balaban J connectivity index is 1.59. The van der Waals surface area contributed by atoms with Crippen molar-refractivity contribution in [1.82, 2.24) is 10.3 Å². The number of benzene rings is 1. The van der Waals surface area contributed by atoms with Gasteiger partial charge < -0.3 is 15.4 Å². The number of carbonyl (C=O) groups is 2. The zero-order valence-electron chi connectivity index (χ0n) is 15.7. The summed E-state index contributed by atoms with van der Waals surface area (Å²) in [6.45, 7) is 5.18. The van der Waals surface area contributed by atoms with Gasteiger partial charge in [0.25, 0.3) is 11.8 Å². The van der Waals surface area contributed by atoms with Crippen LogP contribution in [0.2, 0.25) is 0 Å². The van der Waals surface area contributed by atoms with Crippen molar-refractivity contribution in [1.29, 1.82) is 0 Å². The van der Waals surface area contributed by atoms with E-state index in [0.29, 0.717) is 24.4 Å². The van der Waals surface area contributed by atoms with Crippen molar-refractivity contribution >= 4 is 28.8 Å². The number of anilines is 1. The van der Waals surface area contributed by atoms with Crippen LogP contribution in [0.3, 0.4) is 0 Å². The molecule has 2 N–H and O–H groups in total. The van der Waals surface area contributed by atoms with Gasteiger partial charge in [-0.05, 0) is 50.8 Å². The SMILES string of the molecule is CCCc1nc(C)c(CNC(=O)c2cccc(NC(=O)C3CCCO3)c2)s1. The van der Waals surface area contributed by atoms with Crippen LogP contribution >= 0.6 is 11.3 Å². The van der Waals surface area contributed by atoms with Crippen LogP contribution in [0.15, 0.2) is 24.3 Å². The first-order chi connectivity index (χ1) is 13.1. The number of carbonyl (C=O) groups excluding carboxylic acids is 2. The molecule has 1 unspecified atom stereocenters. The Labute approximate surface area is 163 Å². The average Bonchev–Trinajstić information content (AvgIpc) is 3.30. The van der Waals surface area contributed by atoms with E-state index in [9.17, 15) is 9.59 Å². The number of hydrogen-bond donors (Lipinski definition) is 2. The summed E-state index contributed by atoms with van der Waals surface area (Å²) >= 11 is 1.65. The fourth-order valence-electron chi connectivity index (χ4n) is 2.98. The molecule has 0 saturated carbocycles. The molecule has 2 amide bonds. The Morgan fingerprint density at radius 1 is 1.37 bits per heavy atom. The first kappa shape index (κ1) is 19.5. The lowest BCUT2D eigenvalue weighted by atomic mass is 10.1. The van der Waals surface area contributed by atoms with Crippen molar-refractivity contribution in [2.45, 2.75) is 52.2 Å². The summed E-state index contributed by atoms with van der Waals surface area (Å²) in [6, 6.07) is 6.95. The van der Waals surface area contributed by atoms with Gasteiger partial charge in [0.1, 0.15) is 6.10 Å². The van der Waals surface area contributed by atoms with Gasteiger partial charge in [-0.1, -0.05) is 13.0 Å². The molecule has 1 aliphatic heterocycles. The second-order valence-electron chi connectivity index (χ2n) is 6.62. The quantitative estimate of drug-likeness (QED) is 0.762. The molecule has 1 aromatic carbocycles. The highest BCUT2D eigenvalue weighted by molar-refractivity contribution is 7.11. The normalized spacial score (nSPS) is 16.3. The molecule has 1 saturated heterocycles. The summed E-state index contributed by atoms with van der Waals surface area (Å²) < 4.78 is 5.39. The third kappa shape index (κ3) is 5.14. The standard InChI is InChI=1S/C20H25N3O3S/c1-3-6-18-22-13(2)17(27-18)12-21-19(24)14-7-4-8-15(11-14)23-20(25)16-9-5-10-26-16/h4,7-8,11,16H,3,5-6,9-10,12H2,1-2H3,(H,21,24)(H,23,25). The fraction of sp³-hybridized carbons (Fsp3) is 0.450. The lowest BCUT2D eigenvalue weighted by molar-refractivity contribution is -0.124. The van der Waals surface area contributed by atoms with Gasteiger partial charge in [0.15, 0.2) is 0 Å². The molecule has 1 atom stereocenters. The van der Waals surface area contributed by atoms with Crippen LogP contribution in [0.1, 0.15) is 52.1 Å². The predicted octanol–water partition coefficient (Wildman–Crippen LogP) is 3.45. The van der Waals surface area contributed by atoms with Gasteiger partial charge in [-0.3, -0.25) is 9.59 Å². The van der Waals surface area contributed by atoms with Gasteiger partial charge >= 0.3 is 0 Å². The number of nitrogens with one attached hydrogen (secondary N) is 2. The van der Waals surface area contributed by atoms with Gasteiger partial charge in [0.2, 0.25) is 0 Å². The largest absolute Gasteiger partial charge is 0.368 e. The number of aryl methyl sites for hydroxylation is 2. The maximum atomic E-state index is 12.5. The third-order valence-electron chi connectivity index (χ3n) is 4.42. The van der Waals surface area contributed by atoms with Gasteiger partial charge in [-0.25, -0.2) is 4.98 Å². The maximum Gasteiger partial charge on any atom is 0.253 e. The molecule has 2 heterocycles. The molecule has 6 nitrogen and oxygen atoms in total. The van der Waals surface area contributed by atoms with Crippen LogP contribution in [-0.2, 0) is 22.5 Å². The summed E-state index contributed by atoms with van der Waals surface area (Å²) in [4.78, 5) is 30.3. The van der Waals surface area contributed by atoms with Crippen molar-refractivity contribution in [3.63, 3.8) is 0 Å². The van der Waals surface area contributed by atoms with E-state index >= 15 is 0 Å². The minimum atomic E-state index is -0.394. The van der Waals surface area contributed by atoms with Crippen molar-refractivity contribution in [3.8, 4) is 0 Å². The number of hydrogen-bond acceptors (Lipinski definition) is 5. The molecular weight excluding hydrogens is 362 g/mol. The van der Waals surface area contributed by atoms with Gasteiger partial charge in [-0.15, -0.1) is 11.3 Å². The number of thiazole rings is 1. The van der Waals surface area contributed by atoms with Gasteiger partial charge in [0, 0.05) is 22.7 Å². The minimum absolute atomic E-state index is 0.159. The number of nitrogens with zero attached hydrogens (tertiary/aromatic N) is 1. The smallest absolute Gasteiger partial charge is 0.253 e. The van der Waals surface area contributed by atoms with E-state index in [2.05, 4.69) is 22.5 Å². The molecule has 1 fully saturated rings. The van der Waals surface area contributed by atoms with Crippen LogP contribution in [0.5, 0.6) is 0 Å². The Hall–Kier alpha value is -2.25. The third-order valence-corrected chi connectivity index (χ3v) is 5.64. The Bertz CT molecular complexity index is 813. The van der Waals surface area contributed by atoms with E-state index in [-0.39, 0.29) is 11.8 Å². The first-order valence-corrected chi connectivity index (χ1v) is 10.1. The van der Waals surface area contributed by atoms with Gasteiger partial charge in [0.05, 0.1) is 17.2 Å². The number of amides is 2. The van der Waals surface area contributed by atoms with E-state index in [1.54, 1.807) is 35.6 Å². The molecule has 1 aromatic heterocycles.